The van der Waals surface area contributed by atoms with E-state index in [1.54, 1.807) is 7.05 Å². The molecule has 5 nitrogen and oxygen atoms in total. The average molecular weight is 225 g/mol. The van der Waals surface area contributed by atoms with Gasteiger partial charge in [-0.2, -0.15) is 0 Å². The van der Waals surface area contributed by atoms with Crippen molar-refractivity contribution in [3.8, 4) is 0 Å². The molecule has 0 aromatic heterocycles. The highest BCUT2D eigenvalue weighted by Gasteiger charge is 2.31. The summed E-state index contributed by atoms with van der Waals surface area (Å²) in [6.45, 7) is 1.89. The normalized spacial score (nSPS) is 31.2. The van der Waals surface area contributed by atoms with Gasteiger partial charge in [0.15, 0.2) is 0 Å². The van der Waals surface area contributed by atoms with Gasteiger partial charge in [-0.3, -0.25) is 14.5 Å². The monoisotopic (exact) mass is 225 g/mol. The summed E-state index contributed by atoms with van der Waals surface area (Å²) < 4.78 is 0. The lowest BCUT2D eigenvalue weighted by atomic mass is 10.0. The fraction of sp³-hybridized carbons (Fsp3) is 0.818. The first-order valence-corrected chi connectivity index (χ1v) is 5.95. The molecule has 2 N–H and O–H groups in total. The Morgan fingerprint density at radius 2 is 2.25 bits per heavy atom. The van der Waals surface area contributed by atoms with E-state index in [0.717, 1.165) is 13.1 Å². The van der Waals surface area contributed by atoms with Crippen LogP contribution < -0.4 is 10.6 Å². The summed E-state index contributed by atoms with van der Waals surface area (Å²) in [5, 5.41) is 6.63. The van der Waals surface area contributed by atoms with Crippen LogP contribution in [0.5, 0.6) is 0 Å². The van der Waals surface area contributed by atoms with Gasteiger partial charge in [-0.05, 0) is 25.8 Å². The summed E-state index contributed by atoms with van der Waals surface area (Å²) in [7, 11) is 1.56. The van der Waals surface area contributed by atoms with Gasteiger partial charge in [0.2, 0.25) is 11.8 Å². The van der Waals surface area contributed by atoms with E-state index in [9.17, 15) is 9.59 Å². The van der Waals surface area contributed by atoms with Crippen LogP contribution in [-0.2, 0) is 9.59 Å². The molecule has 0 aromatic rings. The molecule has 0 aromatic carbocycles. The summed E-state index contributed by atoms with van der Waals surface area (Å²) >= 11 is 0. The zero-order chi connectivity index (χ0) is 11.5. The number of nitrogens with one attached hydrogen (secondary N) is 2. The Labute approximate surface area is 95.6 Å². The van der Waals surface area contributed by atoms with E-state index >= 15 is 0 Å². The highest BCUT2D eigenvalue weighted by molar-refractivity contribution is 6.00. The number of carbonyl (C=O) groups excluding carboxylic acids is 2. The molecule has 2 aliphatic heterocycles. The van der Waals surface area contributed by atoms with Crippen LogP contribution in [0.2, 0.25) is 0 Å². The zero-order valence-electron chi connectivity index (χ0n) is 9.66. The highest BCUT2D eigenvalue weighted by atomic mass is 16.2. The fourth-order valence-corrected chi connectivity index (χ4v) is 2.32. The number of hydrogen-bond acceptors (Lipinski definition) is 4. The molecule has 2 rings (SSSR count). The van der Waals surface area contributed by atoms with Gasteiger partial charge in [-0.15, -0.1) is 0 Å². The summed E-state index contributed by atoms with van der Waals surface area (Å²) in [6, 6.07) is 0.306. The minimum absolute atomic E-state index is 0.0676. The Kier molecular flexibility index (Phi) is 3.56. The first-order valence-electron chi connectivity index (χ1n) is 5.95. The summed E-state index contributed by atoms with van der Waals surface area (Å²) in [6.07, 6.45) is 3.48. The SMILES string of the molecule is CN1C(=O)CCC(NCC2CCCN2)C1=O. The van der Waals surface area contributed by atoms with Crippen molar-refractivity contribution in [2.75, 3.05) is 20.1 Å². The first kappa shape index (κ1) is 11.5. The summed E-state index contributed by atoms with van der Waals surface area (Å²) in [4.78, 5) is 24.3. The van der Waals surface area contributed by atoms with Crippen LogP contribution >= 0.6 is 0 Å². The maximum Gasteiger partial charge on any atom is 0.246 e. The van der Waals surface area contributed by atoms with E-state index in [0.29, 0.717) is 18.9 Å². The largest absolute Gasteiger partial charge is 0.313 e. The van der Waals surface area contributed by atoms with Crippen molar-refractivity contribution in [2.24, 2.45) is 0 Å². The summed E-state index contributed by atoms with van der Waals surface area (Å²) in [5.74, 6) is -0.156. The van der Waals surface area contributed by atoms with Crippen LogP contribution in [0.1, 0.15) is 25.7 Å². The molecule has 2 unspecified atom stereocenters. The molecule has 2 aliphatic rings. The highest BCUT2D eigenvalue weighted by Crippen LogP contribution is 2.12. The predicted octanol–water partition coefficient (Wildman–Crippen LogP) is -0.525. The molecule has 2 heterocycles. The molecule has 2 atom stereocenters. The van der Waals surface area contributed by atoms with Gasteiger partial charge >= 0.3 is 0 Å². The van der Waals surface area contributed by atoms with E-state index in [1.807, 2.05) is 0 Å². The number of likely N-dealkylation sites (tertiary alicyclic amines) is 1. The smallest absolute Gasteiger partial charge is 0.246 e. The van der Waals surface area contributed by atoms with Gasteiger partial charge in [0, 0.05) is 26.1 Å². The number of carbonyl (C=O) groups is 2. The Hall–Kier alpha value is -0.940. The van der Waals surface area contributed by atoms with Crippen LogP contribution in [0.4, 0.5) is 0 Å². The minimum Gasteiger partial charge on any atom is -0.313 e. The standard InChI is InChI=1S/C11H19N3O2/c1-14-10(15)5-4-9(11(14)16)13-7-8-3-2-6-12-8/h8-9,12-13H,2-7H2,1H3. The van der Waals surface area contributed by atoms with Crippen LogP contribution in [0.3, 0.4) is 0 Å². The van der Waals surface area contributed by atoms with Crippen LogP contribution in [0.25, 0.3) is 0 Å². The molecule has 90 valence electrons. The van der Waals surface area contributed by atoms with Crippen molar-refractivity contribution in [2.45, 2.75) is 37.8 Å². The van der Waals surface area contributed by atoms with Crippen LogP contribution in [0, 0.1) is 0 Å². The number of nitrogens with zero attached hydrogens (tertiary/aromatic N) is 1. The Morgan fingerprint density at radius 3 is 2.94 bits per heavy atom. The number of likely N-dealkylation sites (N-methyl/N-ethyl adjacent to an activating group) is 1. The second kappa shape index (κ2) is 4.93. The van der Waals surface area contributed by atoms with E-state index in [2.05, 4.69) is 10.6 Å². The van der Waals surface area contributed by atoms with Gasteiger partial charge in [-0.1, -0.05) is 0 Å². The second-order valence-electron chi connectivity index (χ2n) is 4.58. The van der Waals surface area contributed by atoms with Gasteiger partial charge in [-0.25, -0.2) is 0 Å². The molecular weight excluding hydrogens is 206 g/mol. The number of hydrogen-bond donors (Lipinski definition) is 2. The third-order valence-corrected chi connectivity index (χ3v) is 3.42. The molecule has 2 saturated heterocycles. The molecule has 0 saturated carbocycles. The topological polar surface area (TPSA) is 61.4 Å². The van der Waals surface area contributed by atoms with Crippen molar-refractivity contribution < 1.29 is 9.59 Å². The lowest BCUT2D eigenvalue weighted by Gasteiger charge is -2.29. The van der Waals surface area contributed by atoms with Crippen molar-refractivity contribution in [3.63, 3.8) is 0 Å². The molecule has 0 bridgehead atoms. The number of amides is 2. The third kappa shape index (κ3) is 2.41. The second-order valence-corrected chi connectivity index (χ2v) is 4.58. The Balaban J connectivity index is 1.80. The van der Waals surface area contributed by atoms with E-state index in [4.69, 9.17) is 0 Å². The van der Waals surface area contributed by atoms with E-state index < -0.39 is 0 Å². The fourth-order valence-electron chi connectivity index (χ4n) is 2.32. The molecule has 2 amide bonds. The lowest BCUT2D eigenvalue weighted by Crippen LogP contribution is -2.53. The van der Waals surface area contributed by atoms with Gasteiger partial charge < -0.3 is 10.6 Å². The summed E-state index contributed by atoms with van der Waals surface area (Å²) in [5.41, 5.74) is 0. The Bertz CT molecular complexity index is 287. The van der Waals surface area contributed by atoms with Crippen molar-refractivity contribution in [1.82, 2.24) is 15.5 Å². The Morgan fingerprint density at radius 1 is 1.44 bits per heavy atom. The van der Waals surface area contributed by atoms with E-state index in [1.165, 1.54) is 17.7 Å². The molecule has 5 heteroatoms. The maximum absolute atomic E-state index is 11.8. The number of imide groups is 1. The quantitative estimate of drug-likeness (QED) is 0.634. The molecule has 0 radical (unpaired) electrons. The van der Waals surface area contributed by atoms with Gasteiger partial charge in [0.25, 0.3) is 0 Å². The van der Waals surface area contributed by atoms with Crippen molar-refractivity contribution in [3.05, 3.63) is 0 Å². The zero-order valence-corrected chi connectivity index (χ0v) is 9.66. The molecule has 16 heavy (non-hydrogen) atoms. The lowest BCUT2D eigenvalue weighted by molar-refractivity contribution is -0.148. The number of piperidine rings is 1. The number of rotatable bonds is 3. The van der Waals surface area contributed by atoms with Crippen LogP contribution in [0.15, 0.2) is 0 Å². The predicted molar refractivity (Wildman–Crippen MR) is 59.8 cm³/mol. The van der Waals surface area contributed by atoms with Crippen molar-refractivity contribution in [1.29, 1.82) is 0 Å². The molecular formula is C11H19N3O2. The maximum atomic E-state index is 11.8. The van der Waals surface area contributed by atoms with Crippen molar-refractivity contribution >= 4 is 11.8 Å². The van der Waals surface area contributed by atoms with E-state index in [-0.39, 0.29) is 17.9 Å². The molecule has 2 fully saturated rings. The van der Waals surface area contributed by atoms with Gasteiger partial charge in [0.05, 0.1) is 6.04 Å². The third-order valence-electron chi connectivity index (χ3n) is 3.42. The average Bonchev–Trinajstić information content (AvgIpc) is 2.78. The molecule has 0 aliphatic carbocycles. The van der Waals surface area contributed by atoms with Crippen LogP contribution in [-0.4, -0.2) is 48.9 Å². The molecule has 0 spiro atoms. The van der Waals surface area contributed by atoms with Gasteiger partial charge in [0.1, 0.15) is 0 Å². The minimum atomic E-state index is -0.176. The first-order chi connectivity index (χ1) is 7.68.